The summed E-state index contributed by atoms with van der Waals surface area (Å²) in [5.41, 5.74) is 1.13. The normalized spacial score (nSPS) is 23.9. The van der Waals surface area contributed by atoms with E-state index in [1.54, 1.807) is 0 Å². The molecular formula is C14H24BrFIN3O. The van der Waals surface area contributed by atoms with Crippen molar-refractivity contribution < 1.29 is 9.18 Å². The molecular weight excluding hydrogens is 452 g/mol. The number of hydrogen-bond donors (Lipinski definition) is 2. The second-order valence-electron chi connectivity index (χ2n) is 5.61. The van der Waals surface area contributed by atoms with E-state index in [0.29, 0.717) is 25.9 Å². The maximum Gasteiger partial charge on any atom is 0.242 e. The Kier molecular flexibility index (Phi) is 8.66. The van der Waals surface area contributed by atoms with Crippen LogP contribution in [-0.2, 0) is 4.79 Å². The Morgan fingerprint density at radius 2 is 2.29 bits per heavy atom. The van der Waals surface area contributed by atoms with Gasteiger partial charge >= 0.3 is 0 Å². The maximum atomic E-state index is 13.5. The molecule has 122 valence electrons. The van der Waals surface area contributed by atoms with Crippen LogP contribution in [0.15, 0.2) is 11.6 Å². The van der Waals surface area contributed by atoms with E-state index in [0.717, 1.165) is 5.57 Å². The van der Waals surface area contributed by atoms with Gasteiger partial charge in [0.05, 0.1) is 0 Å². The molecule has 2 N–H and O–H groups in total. The summed E-state index contributed by atoms with van der Waals surface area (Å²) in [6, 6.07) is -0.143. The van der Waals surface area contributed by atoms with Crippen LogP contribution in [0.25, 0.3) is 0 Å². The highest BCUT2D eigenvalue weighted by molar-refractivity contribution is 14.1. The third kappa shape index (κ3) is 5.76. The summed E-state index contributed by atoms with van der Waals surface area (Å²) in [7, 11) is 1.83. The highest BCUT2D eigenvalue weighted by Crippen LogP contribution is 2.28. The van der Waals surface area contributed by atoms with Gasteiger partial charge < -0.3 is 10.2 Å². The van der Waals surface area contributed by atoms with Gasteiger partial charge in [-0.05, 0) is 33.7 Å². The van der Waals surface area contributed by atoms with Crippen molar-refractivity contribution in [2.75, 3.05) is 20.1 Å². The molecule has 0 spiro atoms. The molecule has 0 aliphatic heterocycles. The number of likely N-dealkylation sites (N-methyl/N-ethyl adjacent to an activating group) is 1. The molecule has 0 saturated heterocycles. The van der Waals surface area contributed by atoms with Gasteiger partial charge in [0.15, 0.2) is 0 Å². The fourth-order valence-corrected chi connectivity index (χ4v) is 3.45. The number of alkyl halides is 2. The molecule has 0 radical (unpaired) electrons. The molecule has 7 heteroatoms. The Morgan fingerprint density at radius 1 is 1.62 bits per heavy atom. The quantitative estimate of drug-likeness (QED) is 0.257. The van der Waals surface area contributed by atoms with Crippen LogP contribution in [0.4, 0.5) is 4.39 Å². The van der Waals surface area contributed by atoms with Crippen LogP contribution in [0.1, 0.15) is 26.7 Å². The zero-order chi connectivity index (χ0) is 16.0. The monoisotopic (exact) mass is 475 g/mol. The number of carbonyl (C=O) groups is 1. The van der Waals surface area contributed by atoms with Gasteiger partial charge in [-0.25, -0.2) is 7.92 Å². The van der Waals surface area contributed by atoms with Gasteiger partial charge in [-0.15, -0.1) is 0 Å². The first kappa shape index (κ1) is 19.3. The molecule has 1 amide bonds. The SMILES string of the molecule is CNCC(NI)C(=O)N(CC1=CCC(F)C(Br)C1)C(C)C. The minimum absolute atomic E-state index is 0.0724. The Hall–Kier alpha value is 0.270. The fourth-order valence-electron chi connectivity index (χ4n) is 2.33. The highest BCUT2D eigenvalue weighted by atomic mass is 127. The van der Waals surface area contributed by atoms with Crippen molar-refractivity contribution in [3.8, 4) is 0 Å². The van der Waals surface area contributed by atoms with E-state index in [1.807, 2.05) is 54.7 Å². The summed E-state index contributed by atoms with van der Waals surface area (Å²) in [4.78, 5) is 14.3. The number of halogens is 3. The molecule has 0 fully saturated rings. The molecule has 0 aromatic rings. The van der Waals surface area contributed by atoms with E-state index in [4.69, 9.17) is 0 Å². The zero-order valence-electron chi connectivity index (χ0n) is 12.7. The number of allylic oxidation sites excluding steroid dienone is 1. The van der Waals surface area contributed by atoms with Crippen LogP contribution in [0.2, 0.25) is 0 Å². The number of carbonyl (C=O) groups excluding carboxylic acids is 1. The Bertz CT molecular complexity index is 381. The second-order valence-corrected chi connectivity index (χ2v) is 7.41. The molecule has 0 saturated carbocycles. The van der Waals surface area contributed by atoms with E-state index >= 15 is 0 Å². The summed E-state index contributed by atoms with van der Waals surface area (Å²) in [5, 5.41) is 3.02. The van der Waals surface area contributed by atoms with Crippen molar-refractivity contribution in [2.24, 2.45) is 0 Å². The molecule has 4 nitrogen and oxygen atoms in total. The van der Waals surface area contributed by atoms with Crippen molar-refractivity contribution in [1.82, 2.24) is 13.7 Å². The van der Waals surface area contributed by atoms with Crippen LogP contribution in [0.5, 0.6) is 0 Å². The highest BCUT2D eigenvalue weighted by Gasteiger charge is 2.28. The van der Waals surface area contributed by atoms with Crippen LogP contribution in [0.3, 0.4) is 0 Å². The minimum Gasteiger partial charge on any atom is -0.335 e. The predicted molar refractivity (Wildman–Crippen MR) is 96.6 cm³/mol. The number of nitrogens with zero attached hydrogens (tertiary/aromatic N) is 1. The third-order valence-corrected chi connectivity index (χ3v) is 5.25. The lowest BCUT2D eigenvalue weighted by molar-refractivity contribution is -0.134. The lowest BCUT2D eigenvalue weighted by Crippen LogP contribution is -2.51. The fraction of sp³-hybridized carbons (Fsp3) is 0.786. The maximum absolute atomic E-state index is 13.5. The number of amides is 1. The molecule has 3 atom stereocenters. The Morgan fingerprint density at radius 3 is 2.76 bits per heavy atom. The van der Waals surface area contributed by atoms with Crippen molar-refractivity contribution in [3.05, 3.63) is 11.6 Å². The average molecular weight is 476 g/mol. The lowest BCUT2D eigenvalue weighted by Gasteiger charge is -2.33. The minimum atomic E-state index is -0.829. The molecule has 1 rings (SSSR count). The third-order valence-electron chi connectivity index (χ3n) is 3.60. The van der Waals surface area contributed by atoms with E-state index in [-0.39, 0.29) is 22.8 Å². The Labute approximate surface area is 148 Å². The van der Waals surface area contributed by atoms with Gasteiger partial charge in [0.2, 0.25) is 5.91 Å². The molecule has 3 unspecified atom stereocenters. The van der Waals surface area contributed by atoms with Gasteiger partial charge in [0.1, 0.15) is 12.2 Å². The first-order valence-corrected chi connectivity index (χ1v) is 9.17. The van der Waals surface area contributed by atoms with Crippen molar-refractivity contribution in [3.63, 3.8) is 0 Å². The largest absolute Gasteiger partial charge is 0.335 e. The Balaban J connectivity index is 2.76. The number of rotatable bonds is 7. The standard InChI is InChI=1S/C14H24BrFIN3O/c1-9(2)20(14(21)13(19-17)7-18-3)8-10-4-5-12(16)11(15)6-10/h4,9,11-13,18-19H,5-8H2,1-3H3. The first-order valence-electron chi connectivity index (χ1n) is 7.18. The summed E-state index contributed by atoms with van der Waals surface area (Å²) in [6.45, 7) is 5.17. The number of nitrogens with one attached hydrogen (secondary N) is 2. The lowest BCUT2D eigenvalue weighted by atomic mass is 9.97. The summed E-state index contributed by atoms with van der Waals surface area (Å²) in [6.07, 6.45) is 2.20. The van der Waals surface area contributed by atoms with Gasteiger partial charge in [-0.3, -0.25) is 4.79 Å². The van der Waals surface area contributed by atoms with Crippen molar-refractivity contribution >= 4 is 44.7 Å². The summed E-state index contributed by atoms with van der Waals surface area (Å²) < 4.78 is 16.5. The molecule has 0 aromatic carbocycles. The molecule has 21 heavy (non-hydrogen) atoms. The molecule has 0 heterocycles. The van der Waals surface area contributed by atoms with Gasteiger partial charge in [0, 0.05) is 46.8 Å². The van der Waals surface area contributed by atoms with Crippen molar-refractivity contribution in [1.29, 1.82) is 0 Å². The number of hydrogen-bond acceptors (Lipinski definition) is 3. The first-order chi connectivity index (χ1) is 9.90. The summed E-state index contributed by atoms with van der Waals surface area (Å²) >= 11 is 5.40. The zero-order valence-corrected chi connectivity index (χ0v) is 16.4. The molecule has 1 aliphatic rings. The predicted octanol–water partition coefficient (Wildman–Crippen LogP) is 2.57. The molecule has 0 bridgehead atoms. The summed E-state index contributed by atoms with van der Waals surface area (Å²) in [5.74, 6) is 0.0724. The van der Waals surface area contributed by atoms with Crippen LogP contribution in [0, 0.1) is 0 Å². The van der Waals surface area contributed by atoms with E-state index < -0.39 is 6.17 Å². The van der Waals surface area contributed by atoms with Crippen LogP contribution in [-0.4, -0.2) is 54.0 Å². The van der Waals surface area contributed by atoms with Gasteiger partial charge in [-0.2, -0.15) is 0 Å². The second kappa shape index (κ2) is 9.42. The molecule has 1 aliphatic carbocycles. The smallest absolute Gasteiger partial charge is 0.242 e. The van der Waals surface area contributed by atoms with Gasteiger partial charge in [-0.1, -0.05) is 27.6 Å². The molecule has 0 aromatic heterocycles. The van der Waals surface area contributed by atoms with Crippen LogP contribution < -0.4 is 8.85 Å². The van der Waals surface area contributed by atoms with Crippen LogP contribution >= 0.6 is 38.8 Å². The van der Waals surface area contributed by atoms with Crippen molar-refractivity contribution in [2.45, 2.75) is 49.8 Å². The van der Waals surface area contributed by atoms with E-state index in [9.17, 15) is 9.18 Å². The average Bonchev–Trinajstić information content (AvgIpc) is 2.44. The topological polar surface area (TPSA) is 44.4 Å². The van der Waals surface area contributed by atoms with Gasteiger partial charge in [0.25, 0.3) is 0 Å². The van der Waals surface area contributed by atoms with E-state index in [2.05, 4.69) is 24.8 Å². The van der Waals surface area contributed by atoms with E-state index in [1.165, 1.54) is 0 Å².